The van der Waals surface area contributed by atoms with Crippen molar-refractivity contribution in [3.63, 3.8) is 0 Å². The lowest BCUT2D eigenvalue weighted by Gasteiger charge is -2.22. The van der Waals surface area contributed by atoms with E-state index in [0.717, 1.165) is 19.4 Å². The summed E-state index contributed by atoms with van der Waals surface area (Å²) in [7, 11) is 0. The zero-order valence-corrected chi connectivity index (χ0v) is 9.33. The first-order chi connectivity index (χ1) is 7.42. The molecule has 1 atom stereocenters. The molecule has 0 radical (unpaired) electrons. The molecule has 0 fully saturated rings. The summed E-state index contributed by atoms with van der Waals surface area (Å²) in [6.45, 7) is 3.12. The number of aryl methyl sites for hydroxylation is 1. The van der Waals surface area contributed by atoms with E-state index in [4.69, 9.17) is 4.42 Å². The molecule has 15 heavy (non-hydrogen) atoms. The van der Waals surface area contributed by atoms with E-state index in [1.54, 1.807) is 0 Å². The van der Waals surface area contributed by atoms with Crippen LogP contribution >= 0.6 is 0 Å². The van der Waals surface area contributed by atoms with Crippen LogP contribution in [0.3, 0.4) is 0 Å². The summed E-state index contributed by atoms with van der Waals surface area (Å²) in [5.41, 5.74) is 1.38. The zero-order valence-electron chi connectivity index (χ0n) is 9.33. The van der Waals surface area contributed by atoms with Crippen LogP contribution < -0.4 is 5.32 Å². The molecule has 1 unspecified atom stereocenters. The van der Waals surface area contributed by atoms with Gasteiger partial charge in [0.05, 0.1) is 6.26 Å². The minimum Gasteiger partial charge on any atom is -0.469 e. The van der Waals surface area contributed by atoms with Crippen LogP contribution in [0.25, 0.3) is 0 Å². The van der Waals surface area contributed by atoms with E-state index in [2.05, 4.69) is 30.5 Å². The molecule has 0 aliphatic heterocycles. The maximum Gasteiger partial charge on any atom is 0.108 e. The molecule has 0 amide bonds. The third kappa shape index (κ3) is 2.51. The topological polar surface area (TPSA) is 25.2 Å². The van der Waals surface area contributed by atoms with Crippen LogP contribution in [0, 0.1) is 0 Å². The van der Waals surface area contributed by atoms with Gasteiger partial charge in [-0.25, -0.2) is 0 Å². The van der Waals surface area contributed by atoms with Gasteiger partial charge in [0.2, 0.25) is 0 Å². The molecule has 2 heteroatoms. The monoisotopic (exact) mass is 205 g/mol. The predicted octanol–water partition coefficient (Wildman–Crippen LogP) is 3.21. The van der Waals surface area contributed by atoms with Gasteiger partial charge < -0.3 is 9.73 Å². The van der Waals surface area contributed by atoms with Gasteiger partial charge in [0.15, 0.2) is 0 Å². The summed E-state index contributed by atoms with van der Waals surface area (Å²) in [6.07, 6.45) is 10.8. The number of nitrogens with one attached hydrogen (secondary N) is 1. The average Bonchev–Trinajstić information content (AvgIpc) is 2.73. The van der Waals surface area contributed by atoms with Crippen LogP contribution in [0.2, 0.25) is 0 Å². The first-order valence-corrected chi connectivity index (χ1v) is 5.82. The van der Waals surface area contributed by atoms with Gasteiger partial charge in [-0.15, -0.1) is 0 Å². The SMILES string of the molecule is C/C=C/CCNC1CCCc2occc21. The van der Waals surface area contributed by atoms with Gasteiger partial charge in [0, 0.05) is 18.0 Å². The standard InChI is InChI=1S/C13H19NO/c1-2-3-4-9-14-12-6-5-7-13-11(12)8-10-15-13/h2-3,8,10,12,14H,4-7,9H2,1H3/b3-2+. The van der Waals surface area contributed by atoms with E-state index < -0.39 is 0 Å². The Bertz CT molecular complexity index is 327. The molecule has 2 nitrogen and oxygen atoms in total. The normalized spacial score (nSPS) is 20.7. The lowest BCUT2D eigenvalue weighted by molar-refractivity contribution is 0.414. The van der Waals surface area contributed by atoms with Crippen molar-refractivity contribution in [1.82, 2.24) is 5.32 Å². The van der Waals surface area contributed by atoms with Crippen molar-refractivity contribution in [1.29, 1.82) is 0 Å². The van der Waals surface area contributed by atoms with Gasteiger partial charge in [-0.3, -0.25) is 0 Å². The third-order valence-corrected chi connectivity index (χ3v) is 2.99. The molecule has 1 heterocycles. The maximum absolute atomic E-state index is 5.46. The number of rotatable bonds is 4. The molecule has 0 aromatic carbocycles. The fourth-order valence-corrected chi connectivity index (χ4v) is 2.21. The van der Waals surface area contributed by atoms with Crippen LogP contribution in [0.15, 0.2) is 28.9 Å². The fraction of sp³-hybridized carbons (Fsp3) is 0.538. The molecule has 1 aromatic heterocycles. The smallest absolute Gasteiger partial charge is 0.108 e. The molecule has 0 bridgehead atoms. The van der Waals surface area contributed by atoms with Crippen molar-refractivity contribution < 1.29 is 4.42 Å². The molecule has 82 valence electrons. The van der Waals surface area contributed by atoms with Gasteiger partial charge in [-0.05, 0) is 38.8 Å². The highest BCUT2D eigenvalue weighted by atomic mass is 16.3. The van der Waals surface area contributed by atoms with E-state index >= 15 is 0 Å². The highest BCUT2D eigenvalue weighted by Gasteiger charge is 2.21. The average molecular weight is 205 g/mol. The quantitative estimate of drug-likeness (QED) is 0.603. The second-order valence-electron chi connectivity index (χ2n) is 4.06. The Morgan fingerprint density at radius 2 is 2.53 bits per heavy atom. The van der Waals surface area contributed by atoms with E-state index in [1.807, 2.05) is 6.26 Å². The molecular weight excluding hydrogens is 186 g/mol. The molecular formula is C13H19NO. The Morgan fingerprint density at radius 3 is 3.40 bits per heavy atom. The first-order valence-electron chi connectivity index (χ1n) is 5.82. The second-order valence-corrected chi connectivity index (χ2v) is 4.06. The summed E-state index contributed by atoms with van der Waals surface area (Å²) in [4.78, 5) is 0. The lowest BCUT2D eigenvalue weighted by atomic mass is 9.93. The minimum atomic E-state index is 0.512. The number of fused-ring (bicyclic) bond motifs is 1. The highest BCUT2D eigenvalue weighted by Crippen LogP contribution is 2.30. The Hall–Kier alpha value is -1.02. The van der Waals surface area contributed by atoms with E-state index in [-0.39, 0.29) is 0 Å². The first kappa shape index (κ1) is 10.5. The van der Waals surface area contributed by atoms with Crippen molar-refractivity contribution in [3.8, 4) is 0 Å². The highest BCUT2D eigenvalue weighted by molar-refractivity contribution is 5.23. The van der Waals surface area contributed by atoms with E-state index in [9.17, 15) is 0 Å². The van der Waals surface area contributed by atoms with E-state index in [1.165, 1.54) is 24.2 Å². The third-order valence-electron chi connectivity index (χ3n) is 2.99. The minimum absolute atomic E-state index is 0.512. The van der Waals surface area contributed by atoms with Gasteiger partial charge in [0.1, 0.15) is 5.76 Å². The molecule has 2 rings (SSSR count). The predicted molar refractivity (Wildman–Crippen MR) is 61.8 cm³/mol. The van der Waals surface area contributed by atoms with Crippen LogP contribution in [0.1, 0.15) is 43.6 Å². The molecule has 1 aliphatic carbocycles. The lowest BCUT2D eigenvalue weighted by Crippen LogP contribution is -2.25. The van der Waals surface area contributed by atoms with Crippen molar-refractivity contribution >= 4 is 0 Å². The van der Waals surface area contributed by atoms with Crippen molar-refractivity contribution in [2.75, 3.05) is 6.54 Å². The van der Waals surface area contributed by atoms with Crippen LogP contribution in [0.4, 0.5) is 0 Å². The Kier molecular flexibility index (Phi) is 3.62. The van der Waals surface area contributed by atoms with E-state index in [0.29, 0.717) is 6.04 Å². The number of furan rings is 1. The molecule has 1 aromatic rings. The summed E-state index contributed by atoms with van der Waals surface area (Å²) >= 11 is 0. The van der Waals surface area contributed by atoms with Crippen molar-refractivity contribution in [2.24, 2.45) is 0 Å². The number of hydrogen-bond donors (Lipinski definition) is 1. The Balaban J connectivity index is 1.89. The van der Waals surface area contributed by atoms with Crippen LogP contribution in [-0.4, -0.2) is 6.54 Å². The summed E-state index contributed by atoms with van der Waals surface area (Å²) in [6, 6.07) is 2.62. The summed E-state index contributed by atoms with van der Waals surface area (Å²) in [5, 5.41) is 3.59. The van der Waals surface area contributed by atoms with Crippen molar-refractivity contribution in [2.45, 2.75) is 38.6 Å². The summed E-state index contributed by atoms with van der Waals surface area (Å²) < 4.78 is 5.46. The van der Waals surface area contributed by atoms with Gasteiger partial charge in [-0.1, -0.05) is 12.2 Å². The Morgan fingerprint density at radius 1 is 1.60 bits per heavy atom. The molecule has 0 spiro atoms. The number of hydrogen-bond acceptors (Lipinski definition) is 2. The van der Waals surface area contributed by atoms with Crippen LogP contribution in [0.5, 0.6) is 0 Å². The largest absolute Gasteiger partial charge is 0.469 e. The summed E-state index contributed by atoms with van der Waals surface area (Å²) in [5.74, 6) is 1.18. The second kappa shape index (κ2) is 5.17. The van der Waals surface area contributed by atoms with Crippen LogP contribution in [-0.2, 0) is 6.42 Å². The number of allylic oxidation sites excluding steroid dienone is 1. The molecule has 0 saturated heterocycles. The van der Waals surface area contributed by atoms with Crippen molar-refractivity contribution in [3.05, 3.63) is 35.8 Å². The zero-order chi connectivity index (χ0) is 10.5. The Labute approximate surface area is 91.4 Å². The molecule has 1 aliphatic rings. The van der Waals surface area contributed by atoms with Gasteiger partial charge in [-0.2, -0.15) is 0 Å². The maximum atomic E-state index is 5.46. The van der Waals surface area contributed by atoms with Gasteiger partial charge in [0.25, 0.3) is 0 Å². The molecule has 0 saturated carbocycles. The van der Waals surface area contributed by atoms with Gasteiger partial charge >= 0.3 is 0 Å². The fourth-order valence-electron chi connectivity index (χ4n) is 2.21. The molecule has 1 N–H and O–H groups in total.